The van der Waals surface area contributed by atoms with Crippen LogP contribution in [0, 0.1) is 6.57 Å². The Bertz CT molecular complexity index is 4710. The summed E-state index contributed by atoms with van der Waals surface area (Å²) in [6.45, 7) is 7.72. The van der Waals surface area contributed by atoms with Gasteiger partial charge in [-0.05, 0) is 167 Å². The van der Waals surface area contributed by atoms with E-state index in [4.69, 9.17) is 6.57 Å². The van der Waals surface area contributed by atoms with Crippen LogP contribution in [0.15, 0.2) is 273 Å². The molecule has 0 aliphatic heterocycles. The first kappa shape index (κ1) is 43.0. The second-order valence-corrected chi connectivity index (χ2v) is 21.3. The van der Waals surface area contributed by atoms with Crippen molar-refractivity contribution in [2.24, 2.45) is 0 Å². The second-order valence-electron chi connectivity index (χ2n) is 21.3. The van der Waals surface area contributed by atoms with Gasteiger partial charge in [0.2, 0.25) is 0 Å². The quantitative estimate of drug-likeness (QED) is 0.157. The SMILES string of the molecule is [C-]#[N+]c1ccc(-n2c3ccc(N(c4ccc(-c5ccccc5)cc4)c4ccc5c(c4)C4(C6=C5C5(c7ccccc76)c6ccccc6-c6ccccc65)c5ccccc5-c5ccccc54)cc3c3cc4ccccc4cc32)cc1. The number of nitrogens with zero attached hydrogens (tertiary/aromatic N) is 3. The number of fused-ring (bicyclic) bond motifs is 22. The number of hydrogen-bond donors (Lipinski definition) is 0. The molecule has 13 aromatic rings. The Kier molecular flexibility index (Phi) is 8.76. The third kappa shape index (κ3) is 5.50. The second kappa shape index (κ2) is 15.9. The lowest BCUT2D eigenvalue weighted by atomic mass is 9.66. The van der Waals surface area contributed by atoms with Crippen LogP contribution >= 0.6 is 0 Å². The van der Waals surface area contributed by atoms with Gasteiger partial charge < -0.3 is 9.47 Å². The lowest BCUT2D eigenvalue weighted by molar-refractivity contribution is 0.826. The number of aromatic nitrogens is 1. The van der Waals surface area contributed by atoms with Gasteiger partial charge in [-0.3, -0.25) is 0 Å². The summed E-state index contributed by atoms with van der Waals surface area (Å²) in [6.07, 6.45) is 0. The molecule has 4 aliphatic rings. The highest BCUT2D eigenvalue weighted by molar-refractivity contribution is 6.20. The molecule has 4 aliphatic carbocycles. The van der Waals surface area contributed by atoms with Crippen LogP contribution in [0.25, 0.3) is 87.6 Å². The maximum atomic E-state index is 7.72. The van der Waals surface area contributed by atoms with E-state index in [-0.39, 0.29) is 0 Å². The van der Waals surface area contributed by atoms with Crippen LogP contribution in [0.3, 0.4) is 0 Å². The summed E-state index contributed by atoms with van der Waals surface area (Å²) in [5, 5.41) is 4.71. The van der Waals surface area contributed by atoms with Crippen molar-refractivity contribution >= 4 is 66.5 Å². The van der Waals surface area contributed by atoms with Gasteiger partial charge in [-0.15, -0.1) is 0 Å². The number of allylic oxidation sites excluding steroid dienone is 2. The van der Waals surface area contributed by atoms with E-state index in [9.17, 15) is 0 Å². The van der Waals surface area contributed by atoms with Crippen LogP contribution in [-0.4, -0.2) is 4.57 Å². The fourth-order valence-electron chi connectivity index (χ4n) is 14.8. The maximum absolute atomic E-state index is 7.72. The van der Waals surface area contributed by atoms with Gasteiger partial charge in [0.15, 0.2) is 5.69 Å². The molecule has 2 spiro atoms. The topological polar surface area (TPSA) is 12.5 Å². The van der Waals surface area contributed by atoms with Gasteiger partial charge in [-0.25, -0.2) is 4.85 Å². The van der Waals surface area contributed by atoms with Crippen molar-refractivity contribution in [3.8, 4) is 39.1 Å². The van der Waals surface area contributed by atoms with Crippen LogP contribution in [0.5, 0.6) is 0 Å². The van der Waals surface area contributed by atoms with Crippen molar-refractivity contribution in [3.05, 3.63) is 329 Å². The smallest absolute Gasteiger partial charge is 0.187 e. The number of hydrogen-bond acceptors (Lipinski definition) is 1. The first-order chi connectivity index (χ1) is 38.6. The molecule has 1 aromatic heterocycles. The van der Waals surface area contributed by atoms with Crippen LogP contribution in [0.2, 0.25) is 0 Å². The minimum Gasteiger partial charge on any atom is -0.310 e. The molecule has 0 radical (unpaired) electrons. The summed E-state index contributed by atoms with van der Waals surface area (Å²) >= 11 is 0. The normalized spacial score (nSPS) is 14.3. The zero-order valence-corrected chi connectivity index (χ0v) is 42.3. The number of anilines is 3. The van der Waals surface area contributed by atoms with Gasteiger partial charge in [0, 0.05) is 33.5 Å². The van der Waals surface area contributed by atoms with Gasteiger partial charge in [0.05, 0.1) is 28.4 Å². The number of benzene rings is 12. The molecule has 17 rings (SSSR count). The zero-order chi connectivity index (χ0) is 51.3. The van der Waals surface area contributed by atoms with Gasteiger partial charge in [-0.2, -0.15) is 0 Å². The molecule has 0 fully saturated rings. The Labute approximate surface area is 452 Å². The van der Waals surface area contributed by atoms with Crippen molar-refractivity contribution in [2.45, 2.75) is 10.8 Å². The predicted molar refractivity (Wildman–Crippen MR) is 321 cm³/mol. The molecule has 0 saturated carbocycles. The van der Waals surface area contributed by atoms with Gasteiger partial charge in [0.25, 0.3) is 0 Å². The summed E-state index contributed by atoms with van der Waals surface area (Å²) < 4.78 is 2.36. The first-order valence-electron chi connectivity index (χ1n) is 26.9. The van der Waals surface area contributed by atoms with E-state index in [1.807, 2.05) is 12.1 Å². The molecule has 12 aromatic carbocycles. The molecule has 0 amide bonds. The van der Waals surface area contributed by atoms with Crippen LogP contribution in [0.1, 0.15) is 44.5 Å². The largest absolute Gasteiger partial charge is 0.310 e. The van der Waals surface area contributed by atoms with Crippen molar-refractivity contribution in [1.82, 2.24) is 4.57 Å². The molecule has 360 valence electrons. The summed E-state index contributed by atoms with van der Waals surface area (Å²) in [4.78, 5) is 6.22. The van der Waals surface area contributed by atoms with E-state index < -0.39 is 10.8 Å². The van der Waals surface area contributed by atoms with E-state index in [1.165, 1.54) is 105 Å². The average molecular weight is 988 g/mol. The predicted octanol–water partition coefficient (Wildman–Crippen LogP) is 19.2. The van der Waals surface area contributed by atoms with Gasteiger partial charge >= 0.3 is 0 Å². The molecule has 0 atom stereocenters. The van der Waals surface area contributed by atoms with E-state index in [0.29, 0.717) is 5.69 Å². The third-order valence-electron chi connectivity index (χ3n) is 17.8. The Morgan fingerprint density at radius 1 is 0.321 bits per heavy atom. The average Bonchev–Trinajstić information content (AvgIpc) is 2.06. The van der Waals surface area contributed by atoms with E-state index in [0.717, 1.165) is 39.2 Å². The maximum Gasteiger partial charge on any atom is 0.187 e. The fraction of sp³-hybridized carbons (Fsp3) is 0.0267. The van der Waals surface area contributed by atoms with E-state index >= 15 is 0 Å². The monoisotopic (exact) mass is 987 g/mol. The highest BCUT2D eigenvalue weighted by Gasteiger charge is 2.63. The summed E-state index contributed by atoms with van der Waals surface area (Å²) in [7, 11) is 0. The van der Waals surface area contributed by atoms with Gasteiger partial charge in [-0.1, -0.05) is 206 Å². The minimum absolute atomic E-state index is 0.544. The Hall–Kier alpha value is -10.3. The fourth-order valence-corrected chi connectivity index (χ4v) is 14.8. The van der Waals surface area contributed by atoms with Crippen molar-refractivity contribution in [1.29, 1.82) is 0 Å². The molecule has 78 heavy (non-hydrogen) atoms. The first-order valence-corrected chi connectivity index (χ1v) is 26.9. The molecule has 3 nitrogen and oxygen atoms in total. The summed E-state index contributed by atoms with van der Waals surface area (Å²) in [5.74, 6) is 0. The summed E-state index contributed by atoms with van der Waals surface area (Å²) in [6, 6.07) is 102. The zero-order valence-electron chi connectivity index (χ0n) is 42.3. The minimum atomic E-state index is -0.635. The Morgan fingerprint density at radius 3 is 1.35 bits per heavy atom. The Balaban J connectivity index is 0.959. The molecule has 0 unspecified atom stereocenters. The van der Waals surface area contributed by atoms with Crippen molar-refractivity contribution < 1.29 is 0 Å². The van der Waals surface area contributed by atoms with E-state index in [1.54, 1.807) is 0 Å². The van der Waals surface area contributed by atoms with Crippen LogP contribution < -0.4 is 4.90 Å². The molecule has 0 N–H and O–H groups in total. The van der Waals surface area contributed by atoms with Crippen molar-refractivity contribution in [3.63, 3.8) is 0 Å². The molecule has 0 saturated heterocycles. The Morgan fingerprint density at radius 2 is 0.756 bits per heavy atom. The highest BCUT2D eigenvalue weighted by atomic mass is 15.1. The molecule has 3 heteroatoms. The lowest BCUT2D eigenvalue weighted by Crippen LogP contribution is -2.28. The third-order valence-corrected chi connectivity index (χ3v) is 17.8. The molecule has 0 bridgehead atoms. The summed E-state index contributed by atoms with van der Waals surface area (Å²) in [5.41, 5.74) is 26.8. The molecule has 1 heterocycles. The van der Waals surface area contributed by atoms with E-state index in [2.05, 4.69) is 275 Å². The molecular formula is C75H45N3. The van der Waals surface area contributed by atoms with Crippen molar-refractivity contribution in [2.75, 3.05) is 4.90 Å². The van der Waals surface area contributed by atoms with Crippen LogP contribution in [0.4, 0.5) is 22.7 Å². The van der Waals surface area contributed by atoms with Gasteiger partial charge in [0.1, 0.15) is 0 Å². The molecular weight excluding hydrogens is 943 g/mol. The standard InChI is InChI=1S/C75H45N3/c1-76-51-33-37-53(38-34-51)78-70-42-40-54(45-63(70)62-43-49-19-5-6-20-50(49)44-71(62)78)77(52-35-31-48(32-36-52)47-17-3-2-4-18-47)55-39-41-61-69(46-55)75(66-28-14-9-23-58(66)59-24-10-15-29-67(59)75)72-60-25-11-16-30-68(60)74(73(61)72)64-26-12-7-21-56(64)57-22-8-13-27-65(57)74/h2-46H. The highest BCUT2D eigenvalue weighted by Crippen LogP contribution is 2.74. The lowest BCUT2D eigenvalue weighted by Gasteiger charge is -2.35. The number of rotatable bonds is 5. The van der Waals surface area contributed by atoms with Crippen LogP contribution in [-0.2, 0) is 10.8 Å².